The molecule has 0 radical (unpaired) electrons. The predicted octanol–water partition coefficient (Wildman–Crippen LogP) is 4.46. The van der Waals surface area contributed by atoms with Crippen molar-refractivity contribution in [3.8, 4) is 0 Å². The van der Waals surface area contributed by atoms with E-state index < -0.39 is 26.2 Å². The third-order valence-corrected chi connectivity index (χ3v) is 6.59. The summed E-state index contributed by atoms with van der Waals surface area (Å²) in [6, 6.07) is 10.9. The lowest BCUT2D eigenvalue weighted by Gasteiger charge is -2.19. The van der Waals surface area contributed by atoms with Crippen molar-refractivity contribution in [3.63, 3.8) is 0 Å². The Labute approximate surface area is 142 Å². The van der Waals surface area contributed by atoms with Gasteiger partial charge in [-0.2, -0.15) is 0 Å². The highest BCUT2D eigenvalue weighted by Crippen LogP contribution is 2.21. The fraction of sp³-hybridized carbons (Fsp3) is 0.368. The molecule has 0 aliphatic carbocycles. The second-order valence-corrected chi connectivity index (χ2v) is 9.67. The van der Waals surface area contributed by atoms with Crippen molar-refractivity contribution >= 4 is 9.84 Å². The number of aryl methyl sites for hydroxylation is 2. The van der Waals surface area contributed by atoms with E-state index in [-0.39, 0.29) is 5.75 Å². The number of hydrogen-bond donors (Lipinski definition) is 0. The van der Waals surface area contributed by atoms with Crippen LogP contribution in [0.25, 0.3) is 0 Å². The summed E-state index contributed by atoms with van der Waals surface area (Å²) >= 11 is 0. The standard InChI is InChI=1S/C19H22F2O2S/c1-19(2,3)24(22,23)13-15-6-4-14(5-7-15)8-9-16-10-11-17(20)12-18(16)21/h4-7,10-12H,8-9,13H2,1-3H3. The lowest BCUT2D eigenvalue weighted by Crippen LogP contribution is -2.29. The van der Waals surface area contributed by atoms with Crippen LogP contribution in [0, 0.1) is 11.6 Å². The van der Waals surface area contributed by atoms with Crippen LogP contribution in [-0.4, -0.2) is 13.2 Å². The summed E-state index contributed by atoms with van der Waals surface area (Å²) in [5.41, 5.74) is 2.19. The van der Waals surface area contributed by atoms with Crippen LogP contribution in [0.5, 0.6) is 0 Å². The van der Waals surface area contributed by atoms with Gasteiger partial charge in [-0.1, -0.05) is 30.3 Å². The zero-order chi connectivity index (χ0) is 18.0. The first-order valence-corrected chi connectivity index (χ1v) is 9.48. The number of sulfone groups is 1. The van der Waals surface area contributed by atoms with Gasteiger partial charge >= 0.3 is 0 Å². The van der Waals surface area contributed by atoms with E-state index in [9.17, 15) is 17.2 Å². The molecule has 0 N–H and O–H groups in total. The van der Waals surface area contributed by atoms with E-state index in [0.29, 0.717) is 18.4 Å². The summed E-state index contributed by atoms with van der Waals surface area (Å²) in [4.78, 5) is 0. The van der Waals surface area contributed by atoms with E-state index >= 15 is 0 Å². The maximum absolute atomic E-state index is 13.6. The highest BCUT2D eigenvalue weighted by Gasteiger charge is 2.28. The molecule has 2 rings (SSSR count). The number of halogens is 2. The lowest BCUT2D eigenvalue weighted by molar-refractivity contribution is 0.559. The summed E-state index contributed by atoms with van der Waals surface area (Å²) in [6.45, 7) is 5.07. The Kier molecular flexibility index (Phi) is 5.43. The topological polar surface area (TPSA) is 34.1 Å². The van der Waals surface area contributed by atoms with Gasteiger partial charge in [0, 0.05) is 6.07 Å². The molecule has 0 heterocycles. The van der Waals surface area contributed by atoms with Crippen LogP contribution in [0.1, 0.15) is 37.5 Å². The highest BCUT2D eigenvalue weighted by molar-refractivity contribution is 7.91. The van der Waals surface area contributed by atoms with Crippen LogP contribution < -0.4 is 0 Å². The Morgan fingerprint density at radius 3 is 2.00 bits per heavy atom. The van der Waals surface area contributed by atoms with Crippen LogP contribution >= 0.6 is 0 Å². The van der Waals surface area contributed by atoms with Gasteiger partial charge in [0.1, 0.15) is 11.6 Å². The first-order valence-electron chi connectivity index (χ1n) is 7.82. The maximum Gasteiger partial charge on any atom is 0.159 e. The van der Waals surface area contributed by atoms with E-state index in [1.807, 2.05) is 12.1 Å². The molecule has 0 atom stereocenters. The van der Waals surface area contributed by atoms with Crippen LogP contribution in [-0.2, 0) is 28.4 Å². The van der Waals surface area contributed by atoms with E-state index in [0.717, 1.165) is 17.2 Å². The molecule has 5 heteroatoms. The van der Waals surface area contributed by atoms with Gasteiger partial charge in [0.15, 0.2) is 9.84 Å². The minimum atomic E-state index is -3.21. The van der Waals surface area contributed by atoms with Gasteiger partial charge in [-0.3, -0.25) is 0 Å². The summed E-state index contributed by atoms with van der Waals surface area (Å²) in [7, 11) is -3.21. The first-order chi connectivity index (χ1) is 11.1. The van der Waals surface area contributed by atoms with Crippen molar-refractivity contribution in [2.45, 2.75) is 44.1 Å². The van der Waals surface area contributed by atoms with Gasteiger partial charge < -0.3 is 0 Å². The highest BCUT2D eigenvalue weighted by atomic mass is 32.2. The smallest absolute Gasteiger partial charge is 0.159 e. The Morgan fingerprint density at radius 2 is 1.46 bits per heavy atom. The molecule has 2 nitrogen and oxygen atoms in total. The minimum absolute atomic E-state index is 0.00334. The molecule has 0 aliphatic heterocycles. The van der Waals surface area contributed by atoms with Crippen LogP contribution in [0.2, 0.25) is 0 Å². The Bertz CT molecular complexity index is 804. The lowest BCUT2D eigenvalue weighted by atomic mass is 10.0. The SMILES string of the molecule is CC(C)(C)S(=O)(=O)Cc1ccc(CCc2ccc(F)cc2F)cc1. The Hall–Kier alpha value is -1.75. The first kappa shape index (κ1) is 18.6. The molecule has 0 aromatic heterocycles. The normalized spacial score (nSPS) is 12.4. The molecular formula is C19H22F2O2S. The fourth-order valence-electron chi connectivity index (χ4n) is 2.24. The van der Waals surface area contributed by atoms with Gasteiger partial charge in [0.2, 0.25) is 0 Å². The van der Waals surface area contributed by atoms with Crippen molar-refractivity contribution in [2.75, 3.05) is 0 Å². The average Bonchev–Trinajstić information content (AvgIpc) is 2.46. The number of benzene rings is 2. The molecule has 130 valence electrons. The molecule has 0 saturated heterocycles. The van der Waals surface area contributed by atoms with Crippen molar-refractivity contribution in [1.29, 1.82) is 0 Å². The van der Waals surface area contributed by atoms with Gasteiger partial charge in [-0.05, 0) is 56.4 Å². The average molecular weight is 352 g/mol. The monoisotopic (exact) mass is 352 g/mol. The molecule has 0 saturated carbocycles. The quantitative estimate of drug-likeness (QED) is 0.796. The molecule has 2 aromatic rings. The molecule has 24 heavy (non-hydrogen) atoms. The van der Waals surface area contributed by atoms with Crippen molar-refractivity contribution < 1.29 is 17.2 Å². The van der Waals surface area contributed by atoms with Crippen molar-refractivity contribution in [3.05, 3.63) is 70.8 Å². The Balaban J connectivity index is 2.02. The molecular weight excluding hydrogens is 330 g/mol. The van der Waals surface area contributed by atoms with E-state index in [1.165, 1.54) is 12.1 Å². The molecule has 0 unspecified atom stereocenters. The van der Waals surface area contributed by atoms with Gasteiger partial charge in [0.05, 0.1) is 10.5 Å². The van der Waals surface area contributed by atoms with Crippen LogP contribution in [0.3, 0.4) is 0 Å². The van der Waals surface area contributed by atoms with Gasteiger partial charge in [0.25, 0.3) is 0 Å². The van der Waals surface area contributed by atoms with Crippen LogP contribution in [0.4, 0.5) is 8.78 Å². The van der Waals surface area contributed by atoms with E-state index in [4.69, 9.17) is 0 Å². The molecule has 0 bridgehead atoms. The summed E-state index contributed by atoms with van der Waals surface area (Å²) in [5.74, 6) is -1.12. The van der Waals surface area contributed by atoms with Gasteiger partial charge in [-0.15, -0.1) is 0 Å². The zero-order valence-electron chi connectivity index (χ0n) is 14.1. The van der Waals surface area contributed by atoms with Gasteiger partial charge in [-0.25, -0.2) is 17.2 Å². The molecule has 0 spiro atoms. The molecule has 0 fully saturated rings. The van der Waals surface area contributed by atoms with E-state index in [2.05, 4.69) is 0 Å². The van der Waals surface area contributed by atoms with E-state index in [1.54, 1.807) is 32.9 Å². The van der Waals surface area contributed by atoms with Crippen LogP contribution in [0.15, 0.2) is 42.5 Å². The summed E-state index contributed by atoms with van der Waals surface area (Å²) < 4.78 is 50.1. The second kappa shape index (κ2) is 7.01. The third-order valence-electron chi connectivity index (χ3n) is 4.01. The summed E-state index contributed by atoms with van der Waals surface area (Å²) in [6.07, 6.45) is 1.07. The molecule has 0 aliphatic rings. The number of rotatable bonds is 5. The number of hydrogen-bond acceptors (Lipinski definition) is 2. The predicted molar refractivity (Wildman–Crippen MR) is 92.6 cm³/mol. The largest absolute Gasteiger partial charge is 0.228 e. The Morgan fingerprint density at radius 1 is 0.875 bits per heavy atom. The summed E-state index contributed by atoms with van der Waals surface area (Å²) in [5, 5.41) is 0. The van der Waals surface area contributed by atoms with Crippen molar-refractivity contribution in [2.24, 2.45) is 0 Å². The zero-order valence-corrected chi connectivity index (χ0v) is 15.0. The fourth-order valence-corrected chi connectivity index (χ4v) is 3.31. The molecule has 2 aromatic carbocycles. The second-order valence-electron chi connectivity index (χ2n) is 6.92. The third kappa shape index (κ3) is 4.63. The minimum Gasteiger partial charge on any atom is -0.228 e. The molecule has 0 amide bonds. The maximum atomic E-state index is 13.6. The van der Waals surface area contributed by atoms with Crippen molar-refractivity contribution in [1.82, 2.24) is 0 Å².